The van der Waals surface area contributed by atoms with Crippen LogP contribution in [0, 0.1) is 11.6 Å². The second kappa shape index (κ2) is 7.46. The number of Topliss-reactive ketones (excluding diaryl/α,β-unsaturated/α-hetero) is 1. The highest BCUT2D eigenvalue weighted by Gasteiger charge is 2.20. The summed E-state index contributed by atoms with van der Waals surface area (Å²) in [6, 6.07) is 3.13. The van der Waals surface area contributed by atoms with Crippen LogP contribution in [0.25, 0.3) is 0 Å². The first kappa shape index (κ1) is 16.6. The van der Waals surface area contributed by atoms with Gasteiger partial charge in [0.05, 0.1) is 5.25 Å². The van der Waals surface area contributed by atoms with Crippen LogP contribution in [-0.4, -0.2) is 27.8 Å². The zero-order valence-electron chi connectivity index (χ0n) is 11.7. The molecule has 0 aliphatic heterocycles. The van der Waals surface area contributed by atoms with Crippen molar-refractivity contribution in [1.29, 1.82) is 0 Å². The first-order chi connectivity index (χ1) is 10.5. The number of rotatable bonds is 7. The van der Waals surface area contributed by atoms with Gasteiger partial charge in [0.15, 0.2) is 21.8 Å². The van der Waals surface area contributed by atoms with E-state index < -0.39 is 16.9 Å². The van der Waals surface area contributed by atoms with Gasteiger partial charge in [0, 0.05) is 12.1 Å². The van der Waals surface area contributed by atoms with Crippen molar-refractivity contribution in [2.75, 3.05) is 11.9 Å². The highest BCUT2D eigenvalue weighted by molar-refractivity contribution is 8.02. The smallest absolute Gasteiger partial charge is 0.206 e. The summed E-state index contributed by atoms with van der Waals surface area (Å²) in [4.78, 5) is 12.2. The number of hydrogen-bond acceptors (Lipinski definition) is 6. The van der Waals surface area contributed by atoms with E-state index in [1.54, 1.807) is 13.0 Å². The summed E-state index contributed by atoms with van der Waals surface area (Å²) in [5, 5.41) is 11.1. The summed E-state index contributed by atoms with van der Waals surface area (Å²) in [6.07, 6.45) is 1.70. The van der Waals surface area contributed by atoms with Crippen LogP contribution in [0.3, 0.4) is 0 Å². The molecule has 0 bridgehead atoms. The maximum atomic E-state index is 13.2. The second-order valence-corrected chi connectivity index (χ2v) is 6.86. The van der Waals surface area contributed by atoms with Crippen molar-refractivity contribution in [1.82, 2.24) is 10.2 Å². The average Bonchev–Trinajstić information content (AvgIpc) is 2.94. The van der Waals surface area contributed by atoms with Crippen LogP contribution < -0.4 is 5.32 Å². The summed E-state index contributed by atoms with van der Waals surface area (Å²) in [5.74, 6) is -2.30. The van der Waals surface area contributed by atoms with E-state index in [1.807, 2.05) is 0 Å². The number of benzene rings is 1. The summed E-state index contributed by atoms with van der Waals surface area (Å²) in [5.41, 5.74) is 0.133. The SMILES string of the molecule is C=CCNc1nnc(S[C@@H](C)C(=O)c2ccc(F)c(F)c2)s1. The Balaban J connectivity index is 2.02. The van der Waals surface area contributed by atoms with Gasteiger partial charge in [-0.1, -0.05) is 29.2 Å². The van der Waals surface area contributed by atoms with Crippen molar-refractivity contribution in [3.63, 3.8) is 0 Å². The van der Waals surface area contributed by atoms with Gasteiger partial charge < -0.3 is 5.32 Å². The molecule has 0 amide bonds. The first-order valence-corrected chi connectivity index (χ1v) is 8.05. The van der Waals surface area contributed by atoms with Crippen LogP contribution >= 0.6 is 23.1 Å². The first-order valence-electron chi connectivity index (χ1n) is 6.35. The van der Waals surface area contributed by atoms with E-state index in [2.05, 4.69) is 22.1 Å². The molecule has 1 aromatic heterocycles. The van der Waals surface area contributed by atoms with E-state index in [1.165, 1.54) is 29.2 Å². The number of carbonyl (C=O) groups excluding carboxylic acids is 1. The topological polar surface area (TPSA) is 54.9 Å². The number of carbonyl (C=O) groups is 1. The Labute approximate surface area is 134 Å². The van der Waals surface area contributed by atoms with Crippen LogP contribution in [0.5, 0.6) is 0 Å². The lowest BCUT2D eigenvalue weighted by molar-refractivity contribution is 0.0993. The zero-order valence-corrected chi connectivity index (χ0v) is 13.3. The summed E-state index contributed by atoms with van der Waals surface area (Å²) in [7, 11) is 0. The molecule has 1 heterocycles. The highest BCUT2D eigenvalue weighted by atomic mass is 32.2. The largest absolute Gasteiger partial charge is 0.357 e. The summed E-state index contributed by atoms with van der Waals surface area (Å²) >= 11 is 2.54. The Kier molecular flexibility index (Phi) is 5.62. The molecule has 2 aromatic rings. The fourth-order valence-corrected chi connectivity index (χ4v) is 3.56. The van der Waals surface area contributed by atoms with Crippen molar-refractivity contribution < 1.29 is 13.6 Å². The standard InChI is InChI=1S/C14H13F2N3OS2/c1-3-6-17-13-18-19-14(22-13)21-8(2)12(20)9-4-5-10(15)11(16)7-9/h3-5,7-8H,1,6H2,2H3,(H,17,18)/t8-/m0/s1. The minimum atomic E-state index is -1.03. The molecular weight excluding hydrogens is 328 g/mol. The molecule has 1 atom stereocenters. The van der Waals surface area contributed by atoms with Crippen LogP contribution in [0.1, 0.15) is 17.3 Å². The predicted molar refractivity (Wildman–Crippen MR) is 84.6 cm³/mol. The Bertz CT molecular complexity index is 690. The molecular formula is C14H13F2N3OS2. The van der Waals surface area contributed by atoms with E-state index in [9.17, 15) is 13.6 Å². The third-order valence-corrected chi connectivity index (χ3v) is 4.72. The number of anilines is 1. The molecule has 0 aliphatic carbocycles. The zero-order chi connectivity index (χ0) is 16.1. The minimum Gasteiger partial charge on any atom is -0.357 e. The fraction of sp³-hybridized carbons (Fsp3) is 0.214. The van der Waals surface area contributed by atoms with Gasteiger partial charge in [-0.2, -0.15) is 0 Å². The molecule has 0 unspecified atom stereocenters. The van der Waals surface area contributed by atoms with Crippen molar-refractivity contribution in [2.24, 2.45) is 0 Å². The van der Waals surface area contributed by atoms with Crippen LogP contribution in [0.15, 0.2) is 35.2 Å². The van der Waals surface area contributed by atoms with E-state index in [4.69, 9.17) is 0 Å². The molecule has 4 nitrogen and oxygen atoms in total. The summed E-state index contributed by atoms with van der Waals surface area (Å²) < 4.78 is 26.7. The average molecular weight is 341 g/mol. The number of thioether (sulfide) groups is 1. The van der Waals surface area contributed by atoms with Crippen molar-refractivity contribution in [2.45, 2.75) is 16.5 Å². The molecule has 1 aromatic carbocycles. The van der Waals surface area contributed by atoms with Crippen molar-refractivity contribution in [3.8, 4) is 0 Å². The van der Waals surface area contributed by atoms with Gasteiger partial charge >= 0.3 is 0 Å². The lowest BCUT2D eigenvalue weighted by Gasteiger charge is -2.08. The Morgan fingerprint density at radius 1 is 1.45 bits per heavy atom. The van der Waals surface area contributed by atoms with Gasteiger partial charge in [-0.25, -0.2) is 8.78 Å². The van der Waals surface area contributed by atoms with Gasteiger partial charge in [0.25, 0.3) is 0 Å². The maximum absolute atomic E-state index is 13.2. The number of hydrogen-bond donors (Lipinski definition) is 1. The van der Waals surface area contributed by atoms with Gasteiger partial charge in [0.1, 0.15) is 0 Å². The Hall–Kier alpha value is -1.80. The number of halogens is 2. The molecule has 0 aliphatic rings. The molecule has 0 saturated carbocycles. The van der Waals surface area contributed by atoms with Gasteiger partial charge in [-0.05, 0) is 25.1 Å². The Morgan fingerprint density at radius 2 is 2.23 bits per heavy atom. The van der Waals surface area contributed by atoms with E-state index >= 15 is 0 Å². The molecule has 0 spiro atoms. The van der Waals surface area contributed by atoms with Crippen LogP contribution in [-0.2, 0) is 0 Å². The number of nitrogens with one attached hydrogen (secondary N) is 1. The highest BCUT2D eigenvalue weighted by Crippen LogP contribution is 2.30. The van der Waals surface area contributed by atoms with E-state index in [0.29, 0.717) is 16.0 Å². The van der Waals surface area contributed by atoms with Gasteiger partial charge in [-0.15, -0.1) is 16.8 Å². The quantitative estimate of drug-likeness (QED) is 0.472. The summed E-state index contributed by atoms with van der Waals surface area (Å²) in [6.45, 7) is 5.85. The lowest BCUT2D eigenvalue weighted by Crippen LogP contribution is -2.13. The molecule has 116 valence electrons. The predicted octanol–water partition coefficient (Wildman–Crippen LogP) is 3.78. The molecule has 0 fully saturated rings. The van der Waals surface area contributed by atoms with Crippen molar-refractivity contribution >= 4 is 34.0 Å². The van der Waals surface area contributed by atoms with Gasteiger partial charge in [0.2, 0.25) is 5.13 Å². The molecule has 2 rings (SSSR count). The third kappa shape index (κ3) is 4.11. The molecule has 0 saturated heterocycles. The van der Waals surface area contributed by atoms with Gasteiger partial charge in [-0.3, -0.25) is 4.79 Å². The molecule has 22 heavy (non-hydrogen) atoms. The van der Waals surface area contributed by atoms with Crippen LogP contribution in [0.2, 0.25) is 0 Å². The number of nitrogens with zero attached hydrogens (tertiary/aromatic N) is 2. The fourth-order valence-electron chi connectivity index (χ4n) is 1.58. The third-order valence-electron chi connectivity index (χ3n) is 2.66. The second-order valence-electron chi connectivity index (χ2n) is 4.30. The van der Waals surface area contributed by atoms with Crippen LogP contribution in [0.4, 0.5) is 13.9 Å². The maximum Gasteiger partial charge on any atom is 0.206 e. The molecule has 8 heteroatoms. The molecule has 1 N–H and O–H groups in total. The lowest BCUT2D eigenvalue weighted by atomic mass is 10.1. The minimum absolute atomic E-state index is 0.133. The molecule has 0 radical (unpaired) electrons. The monoisotopic (exact) mass is 341 g/mol. The normalized spacial score (nSPS) is 12.0. The van der Waals surface area contributed by atoms with E-state index in [0.717, 1.165) is 12.1 Å². The Morgan fingerprint density at radius 3 is 2.91 bits per heavy atom. The number of ketones is 1. The number of aromatic nitrogens is 2. The van der Waals surface area contributed by atoms with Crippen molar-refractivity contribution in [3.05, 3.63) is 48.1 Å². The van der Waals surface area contributed by atoms with E-state index in [-0.39, 0.29) is 11.3 Å².